The van der Waals surface area contributed by atoms with E-state index in [1.165, 1.54) is 27.2 Å². The van der Waals surface area contributed by atoms with Crippen molar-refractivity contribution in [2.75, 3.05) is 13.2 Å². The standard InChI is InChI=1S/C27H32N2O5/c1-17(25(30)29(19-13-14-19)18(2)26(31)32)8-7-15-28-27(33)34-16-24-22-11-5-3-9-20(22)21-10-4-6-12-23(21)24/h3-6,9-12,17-19,24H,7-8,13-16H2,1-2H3,(H,28,33)(H,31,32). The van der Waals surface area contributed by atoms with Crippen LogP contribution >= 0.6 is 0 Å². The van der Waals surface area contributed by atoms with Crippen LogP contribution in [0.25, 0.3) is 11.1 Å². The number of rotatable bonds is 10. The van der Waals surface area contributed by atoms with Crippen LogP contribution in [-0.2, 0) is 14.3 Å². The Morgan fingerprint density at radius 3 is 2.18 bits per heavy atom. The van der Waals surface area contributed by atoms with Crippen LogP contribution in [0, 0.1) is 5.92 Å². The summed E-state index contributed by atoms with van der Waals surface area (Å²) in [5.74, 6) is -1.39. The van der Waals surface area contributed by atoms with Crippen molar-refractivity contribution in [2.45, 2.75) is 57.5 Å². The van der Waals surface area contributed by atoms with Gasteiger partial charge in [0.15, 0.2) is 0 Å². The van der Waals surface area contributed by atoms with E-state index < -0.39 is 18.1 Å². The topological polar surface area (TPSA) is 95.9 Å². The molecule has 7 nitrogen and oxygen atoms in total. The summed E-state index contributed by atoms with van der Waals surface area (Å²) >= 11 is 0. The number of carboxylic acids is 1. The molecule has 2 aliphatic rings. The van der Waals surface area contributed by atoms with Crippen LogP contribution in [0.3, 0.4) is 0 Å². The van der Waals surface area contributed by atoms with E-state index in [1.54, 1.807) is 6.92 Å². The summed E-state index contributed by atoms with van der Waals surface area (Å²) in [4.78, 5) is 38.0. The molecule has 7 heteroatoms. The van der Waals surface area contributed by atoms with Crippen molar-refractivity contribution in [1.29, 1.82) is 0 Å². The number of fused-ring (bicyclic) bond motifs is 3. The first kappa shape index (κ1) is 23.8. The number of hydrogen-bond donors (Lipinski definition) is 2. The average molecular weight is 465 g/mol. The number of nitrogens with one attached hydrogen (secondary N) is 1. The molecule has 2 aliphatic carbocycles. The fraction of sp³-hybridized carbons (Fsp3) is 0.444. The Kier molecular flexibility index (Phi) is 7.20. The zero-order valence-corrected chi connectivity index (χ0v) is 19.7. The van der Waals surface area contributed by atoms with Crippen molar-refractivity contribution < 1.29 is 24.2 Å². The van der Waals surface area contributed by atoms with E-state index in [0.29, 0.717) is 19.4 Å². The highest BCUT2D eigenvalue weighted by Gasteiger charge is 2.39. The van der Waals surface area contributed by atoms with Crippen molar-refractivity contribution in [2.24, 2.45) is 5.92 Å². The molecule has 2 atom stereocenters. The molecule has 1 fully saturated rings. The van der Waals surface area contributed by atoms with Gasteiger partial charge < -0.3 is 20.1 Å². The third-order valence-electron chi connectivity index (χ3n) is 6.82. The van der Waals surface area contributed by atoms with Gasteiger partial charge in [0.2, 0.25) is 5.91 Å². The van der Waals surface area contributed by atoms with Crippen LogP contribution in [0.2, 0.25) is 0 Å². The molecule has 0 spiro atoms. The van der Waals surface area contributed by atoms with E-state index >= 15 is 0 Å². The van der Waals surface area contributed by atoms with Crippen molar-refractivity contribution in [3.63, 3.8) is 0 Å². The average Bonchev–Trinajstić information content (AvgIpc) is 3.62. The number of aliphatic carboxylic acids is 1. The predicted octanol–water partition coefficient (Wildman–Crippen LogP) is 4.41. The molecular formula is C27H32N2O5. The quantitative estimate of drug-likeness (QED) is 0.508. The molecule has 2 unspecified atom stereocenters. The highest BCUT2D eigenvalue weighted by Crippen LogP contribution is 2.44. The number of alkyl carbamates (subject to hydrolysis) is 1. The SMILES string of the molecule is CC(CCCNC(=O)OCC1c2ccccc2-c2ccccc21)C(=O)N(C1CC1)C(C)C(=O)O. The van der Waals surface area contributed by atoms with E-state index in [4.69, 9.17) is 4.74 Å². The highest BCUT2D eigenvalue weighted by molar-refractivity contribution is 5.85. The van der Waals surface area contributed by atoms with E-state index in [9.17, 15) is 19.5 Å². The van der Waals surface area contributed by atoms with Gasteiger partial charge in [0.25, 0.3) is 0 Å². The molecule has 2 aromatic carbocycles. The molecule has 4 rings (SSSR count). The lowest BCUT2D eigenvalue weighted by Gasteiger charge is -2.29. The molecule has 2 N–H and O–H groups in total. The smallest absolute Gasteiger partial charge is 0.407 e. The van der Waals surface area contributed by atoms with Gasteiger partial charge in [-0.05, 0) is 54.9 Å². The largest absolute Gasteiger partial charge is 0.480 e. The number of ether oxygens (including phenoxy) is 1. The zero-order valence-electron chi connectivity index (χ0n) is 19.7. The number of benzene rings is 2. The van der Waals surface area contributed by atoms with Crippen molar-refractivity contribution in [3.8, 4) is 11.1 Å². The third-order valence-corrected chi connectivity index (χ3v) is 6.82. The van der Waals surface area contributed by atoms with Gasteiger partial charge >= 0.3 is 12.1 Å². The van der Waals surface area contributed by atoms with E-state index in [0.717, 1.165) is 12.8 Å². The van der Waals surface area contributed by atoms with E-state index in [-0.39, 0.29) is 30.4 Å². The molecule has 0 radical (unpaired) electrons. The number of amides is 2. The molecule has 2 amide bonds. The van der Waals surface area contributed by atoms with Crippen molar-refractivity contribution in [3.05, 3.63) is 59.7 Å². The molecule has 2 aromatic rings. The maximum absolute atomic E-state index is 12.8. The summed E-state index contributed by atoms with van der Waals surface area (Å²) in [6.07, 6.45) is 2.42. The second-order valence-electron chi connectivity index (χ2n) is 9.29. The van der Waals surface area contributed by atoms with Crippen LogP contribution in [0.15, 0.2) is 48.5 Å². The zero-order chi connectivity index (χ0) is 24.2. The number of carboxylic acid groups (broad SMARTS) is 1. The first-order chi connectivity index (χ1) is 16.4. The van der Waals surface area contributed by atoms with Crippen molar-refractivity contribution >= 4 is 18.0 Å². The van der Waals surface area contributed by atoms with Gasteiger partial charge in [0.05, 0.1) is 0 Å². The van der Waals surface area contributed by atoms with Gasteiger partial charge in [-0.1, -0.05) is 55.5 Å². The minimum Gasteiger partial charge on any atom is -0.480 e. The minimum absolute atomic E-state index is 0.0143. The lowest BCUT2D eigenvalue weighted by molar-refractivity contribution is -0.151. The molecule has 0 heterocycles. The second kappa shape index (κ2) is 10.3. The molecule has 0 bridgehead atoms. The van der Waals surface area contributed by atoms with Crippen LogP contribution in [0.5, 0.6) is 0 Å². The van der Waals surface area contributed by atoms with Gasteiger partial charge in [-0.15, -0.1) is 0 Å². The maximum atomic E-state index is 12.8. The van der Waals surface area contributed by atoms with Crippen molar-refractivity contribution in [1.82, 2.24) is 10.2 Å². The van der Waals surface area contributed by atoms with Crippen LogP contribution in [0.1, 0.15) is 56.6 Å². The molecule has 0 aromatic heterocycles. The van der Waals surface area contributed by atoms with E-state index in [2.05, 4.69) is 29.6 Å². The summed E-state index contributed by atoms with van der Waals surface area (Å²) in [6.45, 7) is 4.04. The normalized spacial score (nSPS) is 16.2. The summed E-state index contributed by atoms with van der Waals surface area (Å²) in [5.41, 5.74) is 4.70. The lowest BCUT2D eigenvalue weighted by atomic mass is 9.98. The Balaban J connectivity index is 1.22. The number of carbonyl (C=O) groups excluding carboxylic acids is 2. The van der Waals surface area contributed by atoms with Crippen LogP contribution in [-0.4, -0.2) is 53.2 Å². The predicted molar refractivity (Wildman–Crippen MR) is 128 cm³/mol. The minimum atomic E-state index is -0.982. The molecule has 0 aliphatic heterocycles. The third kappa shape index (κ3) is 5.08. The summed E-state index contributed by atoms with van der Waals surface area (Å²) < 4.78 is 5.54. The summed E-state index contributed by atoms with van der Waals surface area (Å²) in [7, 11) is 0. The van der Waals surface area contributed by atoms with Crippen LogP contribution in [0.4, 0.5) is 4.79 Å². The lowest BCUT2D eigenvalue weighted by Crippen LogP contribution is -2.47. The molecule has 0 saturated heterocycles. The maximum Gasteiger partial charge on any atom is 0.407 e. The molecule has 180 valence electrons. The van der Waals surface area contributed by atoms with E-state index in [1.807, 2.05) is 31.2 Å². The number of hydrogen-bond acceptors (Lipinski definition) is 4. The Morgan fingerprint density at radius 1 is 1.03 bits per heavy atom. The molecular weight excluding hydrogens is 432 g/mol. The van der Waals surface area contributed by atoms with Gasteiger partial charge in [0, 0.05) is 24.4 Å². The summed E-state index contributed by atoms with van der Waals surface area (Å²) in [5, 5.41) is 12.1. The number of carbonyl (C=O) groups is 3. The molecule has 1 saturated carbocycles. The first-order valence-corrected chi connectivity index (χ1v) is 12.0. The Morgan fingerprint density at radius 2 is 1.62 bits per heavy atom. The fourth-order valence-electron chi connectivity index (χ4n) is 4.78. The Hall–Kier alpha value is -3.35. The highest BCUT2D eigenvalue weighted by atomic mass is 16.5. The Labute approximate surface area is 200 Å². The monoisotopic (exact) mass is 464 g/mol. The van der Waals surface area contributed by atoms with Gasteiger partial charge in [0.1, 0.15) is 12.6 Å². The molecule has 34 heavy (non-hydrogen) atoms. The summed E-state index contributed by atoms with van der Waals surface area (Å²) in [6, 6.07) is 15.6. The van der Waals surface area contributed by atoms with Gasteiger partial charge in [-0.3, -0.25) is 4.79 Å². The Bertz CT molecular complexity index is 1020. The van der Waals surface area contributed by atoms with Gasteiger partial charge in [-0.25, -0.2) is 9.59 Å². The fourth-order valence-corrected chi connectivity index (χ4v) is 4.78. The number of nitrogens with zero attached hydrogens (tertiary/aromatic N) is 1. The van der Waals surface area contributed by atoms with Gasteiger partial charge in [-0.2, -0.15) is 0 Å². The van der Waals surface area contributed by atoms with Crippen LogP contribution < -0.4 is 5.32 Å². The second-order valence-corrected chi connectivity index (χ2v) is 9.29. The first-order valence-electron chi connectivity index (χ1n) is 12.0.